The van der Waals surface area contributed by atoms with Crippen molar-refractivity contribution in [2.75, 3.05) is 44.2 Å². The van der Waals surface area contributed by atoms with Crippen molar-refractivity contribution in [1.29, 1.82) is 0 Å². The number of carbonyl (C=O) groups is 2. The largest absolute Gasteiger partial charge is 0.368 e. The molecule has 1 aromatic rings. The summed E-state index contributed by atoms with van der Waals surface area (Å²) in [5.74, 6) is -0.143. The fourth-order valence-electron chi connectivity index (χ4n) is 3.20. The summed E-state index contributed by atoms with van der Waals surface area (Å²) in [7, 11) is 0. The summed E-state index contributed by atoms with van der Waals surface area (Å²) in [6.45, 7) is 11.6. The molecule has 0 saturated carbocycles. The van der Waals surface area contributed by atoms with E-state index in [1.165, 1.54) is 5.69 Å². The molecule has 1 heterocycles. The molecule has 5 nitrogen and oxygen atoms in total. The van der Waals surface area contributed by atoms with Gasteiger partial charge in [0.15, 0.2) is 0 Å². The Balaban J connectivity index is 2.00. The zero-order valence-electron chi connectivity index (χ0n) is 15.3. The van der Waals surface area contributed by atoms with Crippen LogP contribution in [0.4, 0.5) is 5.69 Å². The lowest BCUT2D eigenvalue weighted by atomic mass is 9.89. The number of hydrogen-bond acceptors (Lipinski definition) is 3. The van der Waals surface area contributed by atoms with Gasteiger partial charge in [0.05, 0.1) is 0 Å². The molecular weight excluding hydrogens is 302 g/mol. The number of carbonyl (C=O) groups excluding carboxylic acids is 2. The van der Waals surface area contributed by atoms with E-state index in [-0.39, 0.29) is 11.8 Å². The SMILES string of the molecule is CCN(CC)C(=O)C(C)(C)C(=O)N1CCN(c2ccccc2)CC1. The Morgan fingerprint density at radius 2 is 1.54 bits per heavy atom. The van der Waals surface area contributed by atoms with E-state index in [0.29, 0.717) is 26.2 Å². The van der Waals surface area contributed by atoms with Gasteiger partial charge in [-0.25, -0.2) is 0 Å². The van der Waals surface area contributed by atoms with Crippen molar-refractivity contribution in [3.8, 4) is 0 Å². The Kier molecular flexibility index (Phi) is 5.86. The average molecular weight is 331 g/mol. The Morgan fingerprint density at radius 1 is 1.00 bits per heavy atom. The van der Waals surface area contributed by atoms with Crippen molar-refractivity contribution < 1.29 is 9.59 Å². The van der Waals surface area contributed by atoms with Crippen LogP contribution in [0.2, 0.25) is 0 Å². The van der Waals surface area contributed by atoms with Crippen LogP contribution < -0.4 is 4.90 Å². The molecule has 2 rings (SSSR count). The first kappa shape index (κ1) is 18.3. The maximum atomic E-state index is 12.9. The fraction of sp³-hybridized carbons (Fsp3) is 0.579. The third-order valence-electron chi connectivity index (χ3n) is 4.81. The van der Waals surface area contributed by atoms with Crippen molar-refractivity contribution in [1.82, 2.24) is 9.80 Å². The summed E-state index contributed by atoms with van der Waals surface area (Å²) < 4.78 is 0. The maximum Gasteiger partial charge on any atom is 0.237 e. The van der Waals surface area contributed by atoms with Gasteiger partial charge in [-0.05, 0) is 39.8 Å². The molecule has 1 saturated heterocycles. The van der Waals surface area contributed by atoms with Crippen LogP contribution in [0.3, 0.4) is 0 Å². The van der Waals surface area contributed by atoms with Crippen LogP contribution in [0.5, 0.6) is 0 Å². The summed E-state index contributed by atoms with van der Waals surface area (Å²) in [5, 5.41) is 0. The molecule has 0 radical (unpaired) electrons. The molecule has 1 fully saturated rings. The first-order chi connectivity index (χ1) is 11.4. The molecule has 0 N–H and O–H groups in total. The number of anilines is 1. The van der Waals surface area contributed by atoms with Gasteiger partial charge in [0.2, 0.25) is 11.8 Å². The van der Waals surface area contributed by atoms with Crippen LogP contribution in [-0.4, -0.2) is 60.9 Å². The van der Waals surface area contributed by atoms with Crippen LogP contribution in [0.1, 0.15) is 27.7 Å². The second-order valence-corrected chi connectivity index (χ2v) is 6.72. The normalized spacial score (nSPS) is 15.3. The van der Waals surface area contributed by atoms with Crippen molar-refractivity contribution in [2.45, 2.75) is 27.7 Å². The van der Waals surface area contributed by atoms with E-state index < -0.39 is 5.41 Å². The van der Waals surface area contributed by atoms with Crippen LogP contribution >= 0.6 is 0 Å². The van der Waals surface area contributed by atoms with E-state index in [1.54, 1.807) is 18.7 Å². The van der Waals surface area contributed by atoms with Gasteiger partial charge in [-0.3, -0.25) is 9.59 Å². The highest BCUT2D eigenvalue weighted by Gasteiger charge is 2.41. The highest BCUT2D eigenvalue weighted by atomic mass is 16.2. The van der Waals surface area contributed by atoms with Crippen LogP contribution in [0, 0.1) is 5.41 Å². The molecule has 0 atom stereocenters. The molecule has 0 aromatic heterocycles. The van der Waals surface area contributed by atoms with Crippen LogP contribution in [0.15, 0.2) is 30.3 Å². The molecule has 1 aromatic carbocycles. The zero-order valence-corrected chi connectivity index (χ0v) is 15.3. The molecule has 132 valence electrons. The quantitative estimate of drug-likeness (QED) is 0.777. The Bertz CT molecular complexity index is 559. The highest BCUT2D eigenvalue weighted by molar-refractivity contribution is 6.04. The van der Waals surface area contributed by atoms with Gasteiger partial charge in [0, 0.05) is 45.0 Å². The predicted molar refractivity (Wildman–Crippen MR) is 96.9 cm³/mol. The van der Waals surface area contributed by atoms with Gasteiger partial charge in [0.25, 0.3) is 0 Å². The molecule has 0 spiro atoms. The Morgan fingerprint density at radius 3 is 2.04 bits per heavy atom. The van der Waals surface area contributed by atoms with Crippen molar-refractivity contribution in [3.05, 3.63) is 30.3 Å². The molecule has 1 aliphatic heterocycles. The summed E-state index contributed by atoms with van der Waals surface area (Å²) in [6.07, 6.45) is 0. The van der Waals surface area contributed by atoms with Crippen molar-refractivity contribution in [2.24, 2.45) is 5.41 Å². The molecule has 1 aliphatic rings. The minimum Gasteiger partial charge on any atom is -0.368 e. The van der Waals surface area contributed by atoms with E-state index in [9.17, 15) is 9.59 Å². The Labute approximate surface area is 145 Å². The molecule has 24 heavy (non-hydrogen) atoms. The second kappa shape index (κ2) is 7.69. The molecule has 0 bridgehead atoms. The number of rotatable bonds is 5. The van der Waals surface area contributed by atoms with Gasteiger partial charge in [-0.1, -0.05) is 18.2 Å². The standard InChI is InChI=1S/C19H29N3O2/c1-5-20(6-2)17(23)19(3,4)18(24)22-14-12-21(13-15-22)16-10-8-7-9-11-16/h7-11H,5-6,12-15H2,1-4H3. The average Bonchev–Trinajstić information content (AvgIpc) is 2.63. The number of benzene rings is 1. The third kappa shape index (κ3) is 3.71. The summed E-state index contributed by atoms with van der Waals surface area (Å²) in [6, 6.07) is 10.2. The molecule has 0 aliphatic carbocycles. The lowest BCUT2D eigenvalue weighted by Gasteiger charge is -2.40. The minimum absolute atomic E-state index is 0.0629. The van der Waals surface area contributed by atoms with Crippen LogP contribution in [0.25, 0.3) is 0 Å². The number of hydrogen-bond donors (Lipinski definition) is 0. The van der Waals surface area contributed by atoms with Gasteiger partial charge in [-0.15, -0.1) is 0 Å². The molecule has 2 amide bonds. The lowest BCUT2D eigenvalue weighted by Crippen LogP contribution is -2.56. The highest BCUT2D eigenvalue weighted by Crippen LogP contribution is 2.24. The summed E-state index contributed by atoms with van der Waals surface area (Å²) in [4.78, 5) is 31.4. The summed E-state index contributed by atoms with van der Waals surface area (Å²) in [5.41, 5.74) is 0.184. The number of nitrogens with zero attached hydrogens (tertiary/aromatic N) is 3. The van der Waals surface area contributed by atoms with E-state index in [0.717, 1.165) is 13.1 Å². The Hall–Kier alpha value is -2.04. The first-order valence-electron chi connectivity index (χ1n) is 8.80. The topological polar surface area (TPSA) is 43.9 Å². The molecular formula is C19H29N3O2. The van der Waals surface area contributed by atoms with Crippen LogP contribution in [-0.2, 0) is 9.59 Å². The summed E-state index contributed by atoms with van der Waals surface area (Å²) >= 11 is 0. The zero-order chi connectivity index (χ0) is 17.7. The smallest absolute Gasteiger partial charge is 0.237 e. The minimum atomic E-state index is -0.999. The number of piperazine rings is 1. The van der Waals surface area contributed by atoms with E-state index in [1.807, 2.05) is 36.9 Å². The maximum absolute atomic E-state index is 12.9. The van der Waals surface area contributed by atoms with Gasteiger partial charge in [0.1, 0.15) is 5.41 Å². The van der Waals surface area contributed by atoms with E-state index >= 15 is 0 Å². The number of para-hydroxylation sites is 1. The third-order valence-corrected chi connectivity index (χ3v) is 4.81. The van der Waals surface area contributed by atoms with Crippen molar-refractivity contribution in [3.63, 3.8) is 0 Å². The van der Waals surface area contributed by atoms with E-state index in [2.05, 4.69) is 17.0 Å². The van der Waals surface area contributed by atoms with Crippen molar-refractivity contribution >= 4 is 17.5 Å². The van der Waals surface area contributed by atoms with E-state index in [4.69, 9.17) is 0 Å². The monoisotopic (exact) mass is 331 g/mol. The van der Waals surface area contributed by atoms with Gasteiger partial charge in [-0.2, -0.15) is 0 Å². The number of amides is 2. The molecule has 5 heteroatoms. The first-order valence-corrected chi connectivity index (χ1v) is 8.80. The molecule has 0 unspecified atom stereocenters. The van der Waals surface area contributed by atoms with Gasteiger partial charge >= 0.3 is 0 Å². The fourth-order valence-corrected chi connectivity index (χ4v) is 3.20. The van der Waals surface area contributed by atoms with Gasteiger partial charge < -0.3 is 14.7 Å². The predicted octanol–water partition coefficient (Wildman–Crippen LogP) is 2.23. The lowest BCUT2D eigenvalue weighted by molar-refractivity contribution is -0.154. The second-order valence-electron chi connectivity index (χ2n) is 6.72.